The highest BCUT2D eigenvalue weighted by Gasteiger charge is 2.48. The second kappa shape index (κ2) is 7.35. The summed E-state index contributed by atoms with van der Waals surface area (Å²) in [6.45, 7) is 2.98. The molecular formula is C20H24O9. The van der Waals surface area contributed by atoms with Crippen LogP contribution in [0, 0.1) is 0 Å². The first-order chi connectivity index (χ1) is 13.7. The molecule has 0 radical (unpaired) electrons. The van der Waals surface area contributed by atoms with Crippen LogP contribution in [0.15, 0.2) is 33.5 Å². The van der Waals surface area contributed by atoms with Gasteiger partial charge in [-0.15, -0.1) is 0 Å². The SMILES string of the molecule is CC(C)(O[C@@H]1O[C@H](CO)[C@H](O)[C@@H](O)[C@H]1O)[C@@H]1Cc2cc3ccc(=O)oc3cc2O1. The zero-order valence-electron chi connectivity index (χ0n) is 16.0. The molecule has 29 heavy (non-hydrogen) atoms. The molecule has 3 heterocycles. The summed E-state index contributed by atoms with van der Waals surface area (Å²) in [5.74, 6) is 0.572. The highest BCUT2D eigenvalue weighted by molar-refractivity contribution is 5.79. The lowest BCUT2D eigenvalue weighted by molar-refractivity contribution is -0.329. The standard InChI is InChI=1S/C20H24O9/c1-20(2,29-19-18(25)17(24)16(23)13(8-21)28-19)14-6-10-5-9-3-4-15(22)27-11(9)7-12(10)26-14/h3-5,7,13-14,16-19,21,23-25H,6,8H2,1-2H3/t13-,14+,16+,17-,18-,19+/m1/s1. The van der Waals surface area contributed by atoms with Crippen LogP contribution in [0.3, 0.4) is 0 Å². The molecule has 4 rings (SSSR count). The van der Waals surface area contributed by atoms with Gasteiger partial charge in [-0.1, -0.05) is 0 Å². The number of aliphatic hydroxyl groups is 4. The van der Waals surface area contributed by atoms with Gasteiger partial charge in [-0.2, -0.15) is 0 Å². The van der Waals surface area contributed by atoms with E-state index in [9.17, 15) is 25.2 Å². The Morgan fingerprint density at radius 2 is 1.90 bits per heavy atom. The van der Waals surface area contributed by atoms with Crippen LogP contribution in [0.2, 0.25) is 0 Å². The molecule has 158 valence electrons. The van der Waals surface area contributed by atoms with Crippen LogP contribution >= 0.6 is 0 Å². The number of aliphatic hydroxyl groups excluding tert-OH is 4. The number of ether oxygens (including phenoxy) is 3. The van der Waals surface area contributed by atoms with Crippen LogP contribution < -0.4 is 10.4 Å². The molecule has 9 heteroatoms. The summed E-state index contributed by atoms with van der Waals surface area (Å²) in [4.78, 5) is 11.4. The Hall–Kier alpha value is -2.01. The van der Waals surface area contributed by atoms with E-state index in [1.54, 1.807) is 26.0 Å². The topological polar surface area (TPSA) is 139 Å². The minimum absolute atomic E-state index is 0.421. The van der Waals surface area contributed by atoms with Gasteiger partial charge >= 0.3 is 5.63 Å². The van der Waals surface area contributed by atoms with Crippen LogP contribution in [0.25, 0.3) is 11.0 Å². The second-order valence-corrected chi connectivity index (χ2v) is 7.98. The van der Waals surface area contributed by atoms with Gasteiger partial charge in [0.1, 0.15) is 47.5 Å². The summed E-state index contributed by atoms with van der Waals surface area (Å²) in [5.41, 5.74) is -0.0654. The summed E-state index contributed by atoms with van der Waals surface area (Å²) in [6.07, 6.45) is -6.71. The third-order valence-corrected chi connectivity index (χ3v) is 5.52. The van der Waals surface area contributed by atoms with Gasteiger partial charge in [-0.3, -0.25) is 0 Å². The van der Waals surface area contributed by atoms with Crippen molar-refractivity contribution in [3.05, 3.63) is 40.2 Å². The Balaban J connectivity index is 1.53. The van der Waals surface area contributed by atoms with Crippen molar-refractivity contribution in [3.63, 3.8) is 0 Å². The molecule has 0 unspecified atom stereocenters. The molecule has 0 saturated carbocycles. The van der Waals surface area contributed by atoms with Crippen LogP contribution in [-0.2, 0) is 15.9 Å². The Morgan fingerprint density at radius 3 is 2.62 bits per heavy atom. The molecule has 2 aliphatic rings. The number of fused-ring (bicyclic) bond motifs is 2. The van der Waals surface area contributed by atoms with E-state index in [0.717, 1.165) is 10.9 Å². The van der Waals surface area contributed by atoms with E-state index >= 15 is 0 Å². The van der Waals surface area contributed by atoms with E-state index in [4.69, 9.17) is 18.6 Å². The zero-order valence-corrected chi connectivity index (χ0v) is 16.0. The predicted octanol–water partition coefficient (Wildman–Crippen LogP) is -0.308. The summed E-state index contributed by atoms with van der Waals surface area (Å²) < 4.78 is 22.6. The second-order valence-electron chi connectivity index (χ2n) is 7.98. The van der Waals surface area contributed by atoms with E-state index in [2.05, 4.69) is 0 Å². The van der Waals surface area contributed by atoms with Crippen molar-refractivity contribution in [3.8, 4) is 5.75 Å². The van der Waals surface area contributed by atoms with Crippen molar-refractivity contribution in [1.82, 2.24) is 0 Å². The number of hydrogen-bond donors (Lipinski definition) is 4. The highest BCUT2D eigenvalue weighted by atomic mass is 16.7. The molecule has 0 aliphatic carbocycles. The van der Waals surface area contributed by atoms with Gasteiger partial charge in [-0.25, -0.2) is 4.79 Å². The van der Waals surface area contributed by atoms with Gasteiger partial charge in [-0.05, 0) is 31.5 Å². The fraction of sp³-hybridized carbons (Fsp3) is 0.550. The maximum absolute atomic E-state index is 11.4. The van der Waals surface area contributed by atoms with E-state index in [1.807, 2.05) is 6.07 Å². The minimum Gasteiger partial charge on any atom is -0.487 e. The zero-order chi connectivity index (χ0) is 20.9. The molecule has 2 aromatic rings. The van der Waals surface area contributed by atoms with Crippen molar-refractivity contribution in [2.24, 2.45) is 0 Å². The van der Waals surface area contributed by atoms with Gasteiger partial charge in [0.05, 0.1) is 6.61 Å². The predicted molar refractivity (Wildman–Crippen MR) is 99.5 cm³/mol. The third kappa shape index (κ3) is 3.65. The summed E-state index contributed by atoms with van der Waals surface area (Å²) >= 11 is 0. The molecule has 1 fully saturated rings. The Labute approximate surface area is 166 Å². The van der Waals surface area contributed by atoms with Gasteiger partial charge in [0.25, 0.3) is 0 Å². The number of rotatable bonds is 4. The summed E-state index contributed by atoms with van der Waals surface area (Å²) in [7, 11) is 0. The quantitative estimate of drug-likeness (QED) is 0.502. The third-order valence-electron chi connectivity index (χ3n) is 5.52. The minimum atomic E-state index is -1.52. The van der Waals surface area contributed by atoms with Crippen LogP contribution in [0.4, 0.5) is 0 Å². The van der Waals surface area contributed by atoms with Crippen LogP contribution in [-0.4, -0.2) is 69.4 Å². The smallest absolute Gasteiger partial charge is 0.336 e. The van der Waals surface area contributed by atoms with Crippen LogP contribution in [0.5, 0.6) is 5.75 Å². The first kappa shape index (κ1) is 20.3. The fourth-order valence-electron chi connectivity index (χ4n) is 3.74. The number of hydrogen-bond acceptors (Lipinski definition) is 9. The lowest BCUT2D eigenvalue weighted by Gasteiger charge is -2.43. The molecule has 4 N–H and O–H groups in total. The Kier molecular flexibility index (Phi) is 5.14. The van der Waals surface area contributed by atoms with Gasteiger partial charge in [0.2, 0.25) is 0 Å². The van der Waals surface area contributed by atoms with Crippen molar-refractivity contribution in [2.75, 3.05) is 6.61 Å². The summed E-state index contributed by atoms with van der Waals surface area (Å²) in [5, 5.41) is 40.2. The molecule has 0 bridgehead atoms. The first-order valence-corrected chi connectivity index (χ1v) is 9.41. The van der Waals surface area contributed by atoms with Crippen LogP contribution in [0.1, 0.15) is 19.4 Å². The molecule has 1 saturated heterocycles. The molecule has 1 aromatic heterocycles. The molecule has 0 amide bonds. The molecular weight excluding hydrogens is 384 g/mol. The van der Waals surface area contributed by atoms with Gasteiger partial charge in [0, 0.05) is 23.9 Å². The van der Waals surface area contributed by atoms with E-state index in [0.29, 0.717) is 17.8 Å². The fourth-order valence-corrected chi connectivity index (χ4v) is 3.74. The van der Waals surface area contributed by atoms with Crippen molar-refractivity contribution < 1.29 is 39.1 Å². The largest absolute Gasteiger partial charge is 0.487 e. The van der Waals surface area contributed by atoms with E-state index in [1.165, 1.54) is 6.07 Å². The van der Waals surface area contributed by atoms with E-state index < -0.39 is 54.6 Å². The summed E-state index contributed by atoms with van der Waals surface area (Å²) in [6, 6.07) is 6.59. The molecule has 1 aromatic carbocycles. The monoisotopic (exact) mass is 408 g/mol. The van der Waals surface area contributed by atoms with Crippen molar-refractivity contribution in [2.45, 2.75) is 62.7 Å². The van der Waals surface area contributed by atoms with Crippen molar-refractivity contribution >= 4 is 11.0 Å². The average Bonchev–Trinajstić information content (AvgIpc) is 3.10. The van der Waals surface area contributed by atoms with Gasteiger partial charge in [0.15, 0.2) is 6.29 Å². The number of benzene rings is 1. The lowest BCUT2D eigenvalue weighted by atomic mass is 9.95. The maximum Gasteiger partial charge on any atom is 0.336 e. The normalized spacial score (nSPS) is 32.2. The van der Waals surface area contributed by atoms with Gasteiger partial charge < -0.3 is 39.1 Å². The molecule has 6 atom stereocenters. The molecule has 9 nitrogen and oxygen atoms in total. The maximum atomic E-state index is 11.4. The first-order valence-electron chi connectivity index (χ1n) is 9.41. The Morgan fingerprint density at radius 1 is 1.14 bits per heavy atom. The van der Waals surface area contributed by atoms with E-state index in [-0.39, 0.29) is 0 Å². The lowest BCUT2D eigenvalue weighted by Crippen LogP contribution is -2.61. The Bertz CT molecular complexity index is 951. The average molecular weight is 408 g/mol. The molecule has 2 aliphatic heterocycles. The molecule has 0 spiro atoms. The highest BCUT2D eigenvalue weighted by Crippen LogP contribution is 2.38. The van der Waals surface area contributed by atoms with Crippen molar-refractivity contribution in [1.29, 1.82) is 0 Å².